The molecule has 0 saturated carbocycles. The van der Waals surface area contributed by atoms with Gasteiger partial charge in [0.15, 0.2) is 0 Å². The minimum Gasteiger partial charge on any atom is -0.617 e. The Balaban J connectivity index is -0.0000000720. The van der Waals surface area contributed by atoms with Crippen molar-refractivity contribution in [3.8, 4) is 0 Å². The van der Waals surface area contributed by atoms with Crippen LogP contribution in [0.4, 0.5) is 0 Å². The first-order valence-electron chi connectivity index (χ1n) is 1.98. The van der Waals surface area contributed by atoms with Crippen molar-refractivity contribution in [3.63, 3.8) is 0 Å². The molecule has 58 valence electrons. The summed E-state index contributed by atoms with van der Waals surface area (Å²) in [7, 11) is 0. The summed E-state index contributed by atoms with van der Waals surface area (Å²) in [5, 5.41) is 0. The average Bonchev–Trinajstić information content (AvgIpc) is 1.25. The zero-order valence-corrected chi connectivity index (χ0v) is 6.62. The van der Waals surface area contributed by atoms with E-state index in [9.17, 15) is 9.35 Å². The van der Waals surface area contributed by atoms with Crippen molar-refractivity contribution in [1.29, 1.82) is 0 Å². The summed E-state index contributed by atoms with van der Waals surface area (Å²) < 4.78 is 9.56. The molecule has 0 unspecified atom stereocenters. The van der Waals surface area contributed by atoms with Crippen LogP contribution < -0.4 is 5.73 Å². The van der Waals surface area contributed by atoms with Gasteiger partial charge in [0.25, 0.3) is 0 Å². The molecule has 0 bridgehead atoms. The molecule has 0 aromatic rings. The normalized spacial score (nSPS) is 6.78. The number of hydrogen-bond donors (Lipinski definition) is 1. The van der Waals surface area contributed by atoms with E-state index in [1.807, 2.05) is 0 Å². The summed E-state index contributed by atoms with van der Waals surface area (Å²) in [4.78, 5) is 9.22. The minimum atomic E-state index is -0.611. The number of carbonyl (C=O) groups is 1. The van der Waals surface area contributed by atoms with Gasteiger partial charge in [-0.05, 0) is 0 Å². The standard InChI is InChI=1S/C2H5NO.C2H6OS.H2O/c1-2(3)4;1-4(2)3;/h1H3,(H2,3,4);1-2H3;1H2. The van der Waals surface area contributed by atoms with Gasteiger partial charge in [-0.3, -0.25) is 4.79 Å². The van der Waals surface area contributed by atoms with Gasteiger partial charge in [-0.15, -0.1) is 0 Å². The lowest BCUT2D eigenvalue weighted by Crippen LogP contribution is -2.01. The third-order valence-corrected chi connectivity index (χ3v) is 0. The van der Waals surface area contributed by atoms with Gasteiger partial charge in [-0.25, -0.2) is 0 Å². The van der Waals surface area contributed by atoms with Crippen LogP contribution in [0.1, 0.15) is 6.92 Å². The summed E-state index contributed by atoms with van der Waals surface area (Å²) in [6.45, 7) is 1.31. The van der Waals surface area contributed by atoms with E-state index in [0.29, 0.717) is 0 Å². The Kier molecular flexibility index (Phi) is 18.8. The Morgan fingerprint density at radius 1 is 1.56 bits per heavy atom. The smallest absolute Gasteiger partial charge is 0.214 e. The molecule has 0 rings (SSSR count). The van der Waals surface area contributed by atoms with Crippen LogP contribution in [0.3, 0.4) is 0 Å². The van der Waals surface area contributed by atoms with Crippen LogP contribution in [-0.2, 0) is 16.0 Å². The summed E-state index contributed by atoms with van der Waals surface area (Å²) in [6, 6.07) is 0. The second kappa shape index (κ2) is 10.7. The molecule has 0 aliphatic carbocycles. The second-order valence-electron chi connectivity index (χ2n) is 1.35. The number of amides is 1. The summed E-state index contributed by atoms with van der Waals surface area (Å²) in [5.74, 6) is -0.333. The summed E-state index contributed by atoms with van der Waals surface area (Å²) in [5.41, 5.74) is 4.47. The third-order valence-electron chi connectivity index (χ3n) is 0. The molecule has 9 heavy (non-hydrogen) atoms. The van der Waals surface area contributed by atoms with Gasteiger partial charge in [0.05, 0.1) is 12.5 Å². The lowest BCUT2D eigenvalue weighted by molar-refractivity contribution is -0.115. The molecule has 0 aromatic carbocycles. The predicted octanol–water partition coefficient (Wildman–Crippen LogP) is -1.34. The van der Waals surface area contributed by atoms with E-state index in [4.69, 9.17) is 0 Å². The summed E-state index contributed by atoms with van der Waals surface area (Å²) in [6.07, 6.45) is 3.28. The number of primary amides is 1. The Morgan fingerprint density at radius 3 is 1.56 bits per heavy atom. The Labute approximate surface area is 57.9 Å². The third kappa shape index (κ3) is 3770. The molecule has 5 heteroatoms. The largest absolute Gasteiger partial charge is 0.617 e. The molecule has 0 saturated heterocycles. The number of hydrogen-bond acceptors (Lipinski definition) is 2. The van der Waals surface area contributed by atoms with Crippen molar-refractivity contribution in [2.24, 2.45) is 5.73 Å². The summed E-state index contributed by atoms with van der Waals surface area (Å²) >= 11 is -0.611. The van der Waals surface area contributed by atoms with Crippen LogP contribution in [0, 0.1) is 0 Å². The molecule has 0 atom stereocenters. The Morgan fingerprint density at radius 2 is 1.56 bits per heavy atom. The molecule has 0 aliphatic heterocycles. The lowest BCUT2D eigenvalue weighted by atomic mass is 10.8. The molecule has 0 radical (unpaired) electrons. The van der Waals surface area contributed by atoms with E-state index < -0.39 is 11.2 Å². The fourth-order valence-electron chi connectivity index (χ4n) is 0. The number of rotatable bonds is 0. The number of carbonyl (C=O) groups excluding carboxylic acids is 1. The van der Waals surface area contributed by atoms with Gasteiger partial charge in [0.2, 0.25) is 5.91 Å². The highest BCUT2D eigenvalue weighted by molar-refractivity contribution is 7.89. The Hall–Kier alpha value is -0.260. The quantitative estimate of drug-likeness (QED) is 0.438. The van der Waals surface area contributed by atoms with Gasteiger partial charge in [-0.2, -0.15) is 0 Å². The van der Waals surface area contributed by atoms with E-state index in [1.54, 1.807) is 12.5 Å². The second-order valence-corrected chi connectivity index (χ2v) is 2.84. The minimum absolute atomic E-state index is 0. The molecule has 1 amide bonds. The van der Waals surface area contributed by atoms with Crippen LogP contribution in [0.15, 0.2) is 0 Å². The average molecular weight is 155 g/mol. The fourth-order valence-corrected chi connectivity index (χ4v) is 0. The molecule has 4 nitrogen and oxygen atoms in total. The highest BCUT2D eigenvalue weighted by Gasteiger charge is 1.66. The molecule has 0 heterocycles. The molecular weight excluding hydrogens is 142 g/mol. The molecule has 0 spiro atoms. The van der Waals surface area contributed by atoms with Gasteiger partial charge < -0.3 is 15.8 Å². The van der Waals surface area contributed by atoms with E-state index >= 15 is 0 Å². The maximum absolute atomic E-state index is 9.56. The molecular formula is C4H13NO3S. The highest BCUT2D eigenvalue weighted by atomic mass is 32.2. The van der Waals surface area contributed by atoms with Crippen molar-refractivity contribution in [3.05, 3.63) is 0 Å². The van der Waals surface area contributed by atoms with Gasteiger partial charge in [0.1, 0.15) is 0 Å². The first-order chi connectivity index (χ1) is 3.46. The van der Waals surface area contributed by atoms with Gasteiger partial charge >= 0.3 is 0 Å². The van der Waals surface area contributed by atoms with Crippen molar-refractivity contribution >= 4 is 17.1 Å². The molecule has 0 fully saturated rings. The Bertz CT molecular complexity index is 60.1. The van der Waals surface area contributed by atoms with Crippen LogP contribution in [0.5, 0.6) is 0 Å². The SMILES string of the molecule is CC(N)=O.C[S+](C)[O-].O. The topological polar surface area (TPSA) is 97.7 Å². The predicted molar refractivity (Wildman–Crippen MR) is 38.5 cm³/mol. The maximum atomic E-state index is 9.56. The van der Waals surface area contributed by atoms with Crippen LogP contribution in [0.2, 0.25) is 0 Å². The van der Waals surface area contributed by atoms with Crippen molar-refractivity contribution in [1.82, 2.24) is 0 Å². The first kappa shape index (κ1) is 15.9. The van der Waals surface area contributed by atoms with Crippen molar-refractivity contribution in [2.75, 3.05) is 12.5 Å². The monoisotopic (exact) mass is 155 g/mol. The van der Waals surface area contributed by atoms with E-state index in [1.165, 1.54) is 6.92 Å². The van der Waals surface area contributed by atoms with E-state index in [2.05, 4.69) is 5.73 Å². The fraction of sp³-hybridized carbons (Fsp3) is 0.750. The van der Waals surface area contributed by atoms with E-state index in [0.717, 1.165) is 0 Å². The molecule has 0 aromatic heterocycles. The lowest BCUT2D eigenvalue weighted by Gasteiger charge is -1.87. The zero-order valence-electron chi connectivity index (χ0n) is 5.80. The molecule has 0 aliphatic rings. The van der Waals surface area contributed by atoms with Crippen molar-refractivity contribution in [2.45, 2.75) is 6.92 Å². The number of nitrogens with two attached hydrogens (primary N) is 1. The van der Waals surface area contributed by atoms with Crippen molar-refractivity contribution < 1.29 is 14.8 Å². The van der Waals surface area contributed by atoms with Gasteiger partial charge in [0, 0.05) is 6.92 Å². The van der Waals surface area contributed by atoms with E-state index in [-0.39, 0.29) is 11.4 Å². The highest BCUT2D eigenvalue weighted by Crippen LogP contribution is 1.61. The van der Waals surface area contributed by atoms with Crippen LogP contribution in [-0.4, -0.2) is 28.4 Å². The van der Waals surface area contributed by atoms with Crippen LogP contribution in [0.25, 0.3) is 0 Å². The molecule has 4 N–H and O–H groups in total. The zero-order chi connectivity index (χ0) is 7.15. The maximum Gasteiger partial charge on any atom is 0.214 e. The van der Waals surface area contributed by atoms with Gasteiger partial charge in [-0.1, -0.05) is 11.2 Å². The van der Waals surface area contributed by atoms with Crippen LogP contribution >= 0.6 is 0 Å². The first-order valence-corrected chi connectivity index (χ1v) is 3.94.